The highest BCUT2D eigenvalue weighted by Gasteiger charge is 2.42. The number of hydrogen-bond acceptors (Lipinski definition) is 3. The third-order valence-corrected chi connectivity index (χ3v) is 5.21. The fraction of sp³-hybridized carbons (Fsp3) is 1.00. The third kappa shape index (κ3) is 2.73. The molecule has 0 aromatic heterocycles. The van der Waals surface area contributed by atoms with Gasteiger partial charge in [0.05, 0.1) is 6.10 Å². The highest BCUT2D eigenvalue weighted by molar-refractivity contribution is 4.97. The van der Waals surface area contributed by atoms with Gasteiger partial charge < -0.3 is 15.0 Å². The van der Waals surface area contributed by atoms with Crippen LogP contribution in [0.4, 0.5) is 0 Å². The SMILES string of the molecule is CNC1C(CN(C)C2CCOC2C)CCC1(C)C. The average molecular weight is 254 g/mol. The van der Waals surface area contributed by atoms with E-state index in [9.17, 15) is 0 Å². The topological polar surface area (TPSA) is 24.5 Å². The fourth-order valence-corrected chi connectivity index (χ4v) is 4.15. The van der Waals surface area contributed by atoms with Crippen molar-refractivity contribution in [1.29, 1.82) is 0 Å². The largest absolute Gasteiger partial charge is 0.377 e. The van der Waals surface area contributed by atoms with Crippen molar-refractivity contribution in [2.45, 2.75) is 58.2 Å². The van der Waals surface area contributed by atoms with E-state index in [-0.39, 0.29) is 0 Å². The van der Waals surface area contributed by atoms with Gasteiger partial charge in [-0.15, -0.1) is 0 Å². The quantitative estimate of drug-likeness (QED) is 0.832. The second-order valence-electron chi connectivity index (χ2n) is 6.93. The Morgan fingerprint density at radius 2 is 2.06 bits per heavy atom. The molecule has 1 N–H and O–H groups in total. The molecule has 2 rings (SSSR count). The Labute approximate surface area is 112 Å². The van der Waals surface area contributed by atoms with E-state index >= 15 is 0 Å². The molecule has 3 nitrogen and oxygen atoms in total. The Balaban J connectivity index is 1.93. The molecular weight excluding hydrogens is 224 g/mol. The maximum absolute atomic E-state index is 5.69. The predicted octanol–water partition coefficient (Wildman–Crippen LogP) is 2.12. The molecule has 1 saturated heterocycles. The van der Waals surface area contributed by atoms with Gasteiger partial charge in [0.25, 0.3) is 0 Å². The molecule has 0 spiro atoms. The summed E-state index contributed by atoms with van der Waals surface area (Å²) in [5.74, 6) is 0.780. The molecule has 0 bridgehead atoms. The van der Waals surface area contributed by atoms with Crippen molar-refractivity contribution in [2.24, 2.45) is 11.3 Å². The second kappa shape index (κ2) is 5.48. The van der Waals surface area contributed by atoms with E-state index in [0.29, 0.717) is 23.6 Å². The van der Waals surface area contributed by atoms with Crippen LogP contribution in [0.3, 0.4) is 0 Å². The van der Waals surface area contributed by atoms with Crippen molar-refractivity contribution >= 4 is 0 Å². The first-order valence-corrected chi connectivity index (χ1v) is 7.45. The zero-order chi connectivity index (χ0) is 13.3. The minimum atomic E-state index is 0.400. The Kier molecular flexibility index (Phi) is 4.35. The molecule has 18 heavy (non-hydrogen) atoms. The van der Waals surface area contributed by atoms with Crippen LogP contribution < -0.4 is 5.32 Å². The molecule has 0 aromatic rings. The third-order valence-electron chi connectivity index (χ3n) is 5.21. The van der Waals surface area contributed by atoms with Gasteiger partial charge in [0, 0.05) is 25.2 Å². The summed E-state index contributed by atoms with van der Waals surface area (Å²) in [7, 11) is 4.39. The van der Waals surface area contributed by atoms with Crippen molar-refractivity contribution in [1.82, 2.24) is 10.2 Å². The first-order valence-electron chi connectivity index (χ1n) is 7.45. The Morgan fingerprint density at radius 1 is 1.33 bits per heavy atom. The van der Waals surface area contributed by atoms with Crippen LogP contribution in [0.15, 0.2) is 0 Å². The normalized spacial score (nSPS) is 39.7. The summed E-state index contributed by atoms with van der Waals surface area (Å²) in [6, 6.07) is 1.27. The van der Waals surface area contributed by atoms with Gasteiger partial charge in [-0.25, -0.2) is 0 Å². The van der Waals surface area contributed by atoms with E-state index in [1.54, 1.807) is 0 Å². The molecule has 1 heterocycles. The zero-order valence-corrected chi connectivity index (χ0v) is 12.7. The first kappa shape index (κ1) is 14.3. The van der Waals surface area contributed by atoms with Crippen molar-refractivity contribution < 1.29 is 4.74 Å². The molecule has 0 aromatic carbocycles. The number of nitrogens with zero attached hydrogens (tertiary/aromatic N) is 1. The molecule has 4 atom stereocenters. The van der Waals surface area contributed by atoms with E-state index < -0.39 is 0 Å². The number of rotatable bonds is 4. The van der Waals surface area contributed by atoms with E-state index in [1.807, 2.05) is 0 Å². The summed E-state index contributed by atoms with van der Waals surface area (Å²) >= 11 is 0. The monoisotopic (exact) mass is 254 g/mol. The van der Waals surface area contributed by atoms with Gasteiger partial charge in [-0.3, -0.25) is 0 Å². The van der Waals surface area contributed by atoms with Gasteiger partial charge in [-0.1, -0.05) is 13.8 Å². The molecule has 2 aliphatic rings. The molecule has 4 unspecified atom stereocenters. The smallest absolute Gasteiger partial charge is 0.0702 e. The molecule has 0 amide bonds. The molecule has 1 saturated carbocycles. The lowest BCUT2D eigenvalue weighted by Gasteiger charge is -2.34. The summed E-state index contributed by atoms with van der Waals surface area (Å²) in [5, 5.41) is 3.55. The van der Waals surface area contributed by atoms with Gasteiger partial charge >= 0.3 is 0 Å². The van der Waals surface area contributed by atoms with Crippen LogP contribution in [-0.4, -0.2) is 50.3 Å². The molecule has 106 valence electrons. The molecular formula is C15H30N2O. The standard InChI is InChI=1S/C15H30N2O/c1-11-13(7-9-18-11)17(5)10-12-6-8-15(2,3)14(12)16-4/h11-14,16H,6-10H2,1-5H3. The van der Waals surface area contributed by atoms with Crippen LogP contribution in [0.25, 0.3) is 0 Å². The highest BCUT2D eigenvalue weighted by atomic mass is 16.5. The first-order chi connectivity index (χ1) is 8.45. The van der Waals surface area contributed by atoms with Crippen molar-refractivity contribution in [3.05, 3.63) is 0 Å². The van der Waals surface area contributed by atoms with Gasteiger partial charge in [-0.05, 0) is 51.6 Å². The van der Waals surface area contributed by atoms with Crippen LogP contribution in [0.2, 0.25) is 0 Å². The van der Waals surface area contributed by atoms with Gasteiger partial charge in [-0.2, -0.15) is 0 Å². The van der Waals surface area contributed by atoms with Gasteiger partial charge in [0.2, 0.25) is 0 Å². The Hall–Kier alpha value is -0.120. The number of nitrogens with one attached hydrogen (secondary N) is 1. The maximum atomic E-state index is 5.69. The summed E-state index contributed by atoms with van der Waals surface area (Å²) < 4.78 is 5.69. The summed E-state index contributed by atoms with van der Waals surface area (Å²) in [5.41, 5.74) is 0.443. The minimum absolute atomic E-state index is 0.400. The molecule has 0 radical (unpaired) electrons. The Bertz CT molecular complexity index is 280. The van der Waals surface area contributed by atoms with Crippen molar-refractivity contribution in [3.8, 4) is 0 Å². The van der Waals surface area contributed by atoms with Crippen LogP contribution >= 0.6 is 0 Å². The lowest BCUT2D eigenvalue weighted by Crippen LogP contribution is -2.46. The molecule has 1 aliphatic carbocycles. The maximum Gasteiger partial charge on any atom is 0.0702 e. The lowest BCUT2D eigenvalue weighted by atomic mass is 9.84. The van der Waals surface area contributed by atoms with Crippen LogP contribution in [-0.2, 0) is 4.74 Å². The molecule has 1 aliphatic heterocycles. The van der Waals surface area contributed by atoms with Gasteiger partial charge in [0.15, 0.2) is 0 Å². The van der Waals surface area contributed by atoms with Gasteiger partial charge in [0.1, 0.15) is 0 Å². The fourth-order valence-electron chi connectivity index (χ4n) is 4.15. The van der Waals surface area contributed by atoms with Crippen LogP contribution in [0, 0.1) is 11.3 Å². The summed E-state index contributed by atoms with van der Waals surface area (Å²) in [6.07, 6.45) is 4.29. The molecule has 3 heteroatoms. The van der Waals surface area contributed by atoms with E-state index in [4.69, 9.17) is 4.74 Å². The molecule has 2 fully saturated rings. The summed E-state index contributed by atoms with van der Waals surface area (Å²) in [4.78, 5) is 2.54. The number of ether oxygens (including phenoxy) is 1. The van der Waals surface area contributed by atoms with Crippen LogP contribution in [0.5, 0.6) is 0 Å². The van der Waals surface area contributed by atoms with E-state index in [1.165, 1.54) is 25.8 Å². The second-order valence-corrected chi connectivity index (χ2v) is 6.93. The predicted molar refractivity (Wildman–Crippen MR) is 75.8 cm³/mol. The van der Waals surface area contributed by atoms with Crippen molar-refractivity contribution in [3.63, 3.8) is 0 Å². The zero-order valence-electron chi connectivity index (χ0n) is 12.7. The van der Waals surface area contributed by atoms with E-state index in [0.717, 1.165) is 12.5 Å². The number of likely N-dealkylation sites (N-methyl/N-ethyl adjacent to an activating group) is 1. The summed E-state index contributed by atoms with van der Waals surface area (Å²) in [6.45, 7) is 9.14. The highest BCUT2D eigenvalue weighted by Crippen LogP contribution is 2.41. The van der Waals surface area contributed by atoms with E-state index in [2.05, 4.69) is 45.1 Å². The minimum Gasteiger partial charge on any atom is -0.377 e. The Morgan fingerprint density at radius 3 is 2.61 bits per heavy atom. The number of hydrogen-bond donors (Lipinski definition) is 1. The average Bonchev–Trinajstić information content (AvgIpc) is 2.83. The lowest BCUT2D eigenvalue weighted by molar-refractivity contribution is 0.0751. The van der Waals surface area contributed by atoms with Crippen LogP contribution in [0.1, 0.15) is 40.0 Å². The van der Waals surface area contributed by atoms with Crippen molar-refractivity contribution in [2.75, 3.05) is 27.2 Å².